The van der Waals surface area contributed by atoms with Gasteiger partial charge in [-0.3, -0.25) is 4.79 Å². The van der Waals surface area contributed by atoms with Crippen LogP contribution in [0, 0.1) is 5.92 Å². The average molecular weight is 934 g/mol. The molecule has 1 aliphatic carbocycles. The number of esters is 1. The Morgan fingerprint density at radius 3 is 1.42 bits per heavy atom. The third-order valence-electron chi connectivity index (χ3n) is 10.1. The van der Waals surface area contributed by atoms with Gasteiger partial charge in [0.2, 0.25) is 0 Å². The molecule has 4 N–H and O–H groups in total. The maximum atomic E-state index is 13.5. The molecule has 1 saturated carbocycles. The van der Waals surface area contributed by atoms with E-state index in [1.54, 1.807) is 60.9 Å². The zero-order chi connectivity index (χ0) is 44.4. The van der Waals surface area contributed by atoms with Gasteiger partial charge >= 0.3 is 30.4 Å². The van der Waals surface area contributed by atoms with E-state index in [1.807, 2.05) is 0 Å². The van der Waals surface area contributed by atoms with Gasteiger partial charge in [-0.15, -0.1) is 22.7 Å². The van der Waals surface area contributed by atoms with Crippen LogP contribution in [0.3, 0.4) is 0 Å². The summed E-state index contributed by atoms with van der Waals surface area (Å²) in [5.74, 6) is -0.577. The molecule has 4 amide bonds. The maximum Gasteiger partial charge on any atom is 0.418 e. The Morgan fingerprint density at radius 2 is 1.05 bits per heavy atom. The van der Waals surface area contributed by atoms with Gasteiger partial charge in [0, 0.05) is 33.8 Å². The lowest BCUT2D eigenvalue weighted by atomic mass is 9.71. The number of halogens is 8. The monoisotopic (exact) mass is 932 g/mol. The molecule has 10 nitrogen and oxygen atoms in total. The van der Waals surface area contributed by atoms with Crippen LogP contribution in [-0.4, -0.2) is 35.1 Å². The molecule has 0 atom stereocenters. The lowest BCUT2D eigenvalue weighted by molar-refractivity contribution is -0.147. The number of nitrogens with one attached hydrogen (secondary N) is 4. The van der Waals surface area contributed by atoms with Crippen LogP contribution in [0.25, 0.3) is 20.9 Å². The Morgan fingerprint density at radius 1 is 0.645 bits per heavy atom. The van der Waals surface area contributed by atoms with E-state index in [0.717, 1.165) is 55.2 Å². The van der Waals surface area contributed by atoms with Crippen LogP contribution >= 0.6 is 45.9 Å². The summed E-state index contributed by atoms with van der Waals surface area (Å²) in [7, 11) is 1.36. The first-order valence-electron chi connectivity index (χ1n) is 18.5. The molecule has 2 aromatic heterocycles. The largest absolute Gasteiger partial charge is 0.469 e. The van der Waals surface area contributed by atoms with Gasteiger partial charge in [-0.05, 0) is 97.5 Å². The van der Waals surface area contributed by atoms with Crippen LogP contribution in [-0.2, 0) is 27.3 Å². The topological polar surface area (TPSA) is 134 Å². The van der Waals surface area contributed by atoms with E-state index in [2.05, 4.69) is 21.3 Å². The van der Waals surface area contributed by atoms with Crippen molar-refractivity contribution >= 4 is 86.7 Å². The number of thiazole rings is 2. The highest BCUT2D eigenvalue weighted by molar-refractivity contribution is 7.17. The smallest absolute Gasteiger partial charge is 0.418 e. The number of anilines is 4. The standard InChI is InChI=1S/C42H32Cl2F6N6O4S2/c1-60-35(57)24-14-16-40(17-15-24,36-51-20-33(61-36)22-2-8-27(9-3-22)53-38(58)55-31-12-6-25(43)18-29(31)41(45,46)47)37-52-21-34(62-37)23-4-10-28(11-5-23)54-39(59)56-32-13-7-26(44)19-30(32)42(48,49)50/h2-13,18-21,24H,14-17H2,1H3,(H2,53,55,58)(H2,54,56,59). The number of hydrogen-bond donors (Lipinski definition) is 4. The first-order valence-corrected chi connectivity index (χ1v) is 20.9. The second kappa shape index (κ2) is 18.0. The van der Waals surface area contributed by atoms with Gasteiger partial charge in [-0.2, -0.15) is 26.3 Å². The van der Waals surface area contributed by atoms with E-state index < -0.39 is 52.3 Å². The molecule has 0 spiro atoms. The summed E-state index contributed by atoms with van der Waals surface area (Å²) in [5, 5.41) is 10.8. The minimum absolute atomic E-state index is 0.126. The molecule has 20 heteroatoms. The van der Waals surface area contributed by atoms with Gasteiger partial charge in [0.25, 0.3) is 0 Å². The van der Waals surface area contributed by atoms with E-state index in [4.69, 9.17) is 37.9 Å². The van der Waals surface area contributed by atoms with Crippen molar-refractivity contribution in [3.8, 4) is 20.9 Å². The molecular weight excluding hydrogens is 902 g/mol. The number of nitrogens with zero attached hydrogens (tertiary/aromatic N) is 2. The molecule has 2 heterocycles. The van der Waals surface area contributed by atoms with Gasteiger partial charge in [0.15, 0.2) is 0 Å². The average Bonchev–Trinajstić information content (AvgIpc) is 3.94. The van der Waals surface area contributed by atoms with Crippen molar-refractivity contribution in [3.63, 3.8) is 0 Å². The molecule has 0 aliphatic heterocycles. The lowest BCUT2D eigenvalue weighted by Crippen LogP contribution is -2.35. The van der Waals surface area contributed by atoms with Gasteiger partial charge < -0.3 is 26.0 Å². The summed E-state index contributed by atoms with van der Waals surface area (Å²) in [6, 6.07) is 17.8. The van der Waals surface area contributed by atoms with Crippen molar-refractivity contribution in [2.24, 2.45) is 5.92 Å². The molecule has 0 radical (unpaired) electrons. The molecule has 62 heavy (non-hydrogen) atoms. The Hall–Kier alpha value is -5.69. The summed E-state index contributed by atoms with van der Waals surface area (Å²) < 4.78 is 86.2. The molecule has 4 aromatic carbocycles. The third kappa shape index (κ3) is 9.99. The first-order chi connectivity index (χ1) is 29.4. The van der Waals surface area contributed by atoms with E-state index in [9.17, 15) is 40.7 Å². The van der Waals surface area contributed by atoms with Crippen LogP contribution in [0.1, 0.15) is 46.8 Å². The number of benzene rings is 4. The van der Waals surface area contributed by atoms with Gasteiger partial charge in [-0.25, -0.2) is 19.6 Å². The predicted molar refractivity (Wildman–Crippen MR) is 228 cm³/mol. The summed E-state index contributed by atoms with van der Waals surface area (Å²) >= 11 is 14.4. The summed E-state index contributed by atoms with van der Waals surface area (Å²) in [4.78, 5) is 49.2. The van der Waals surface area contributed by atoms with E-state index in [0.29, 0.717) is 37.1 Å². The summed E-state index contributed by atoms with van der Waals surface area (Å²) in [6.07, 6.45) is -3.85. The molecule has 6 aromatic rings. The number of urea groups is 2. The van der Waals surface area contributed by atoms with Crippen LogP contribution in [0.15, 0.2) is 97.3 Å². The highest BCUT2D eigenvalue weighted by Crippen LogP contribution is 2.51. The highest BCUT2D eigenvalue weighted by Gasteiger charge is 2.45. The van der Waals surface area contributed by atoms with Crippen molar-refractivity contribution in [2.45, 2.75) is 43.5 Å². The maximum absolute atomic E-state index is 13.5. The SMILES string of the molecule is COC(=O)C1CCC(c2ncc(-c3ccc(NC(=O)Nc4ccc(Cl)cc4C(F)(F)F)cc3)s2)(c2ncc(-c3ccc(NC(=O)Nc4ccc(Cl)cc4C(F)(F)F)cc3)s2)CC1. The zero-order valence-electron chi connectivity index (χ0n) is 32.0. The number of methoxy groups -OCH3 is 1. The predicted octanol–water partition coefficient (Wildman–Crippen LogP) is 13.2. The molecule has 1 aliphatic rings. The second-order valence-corrected chi connectivity index (χ2v) is 17.1. The third-order valence-corrected chi connectivity index (χ3v) is 13.1. The van der Waals surface area contributed by atoms with Crippen LogP contribution in [0.2, 0.25) is 10.0 Å². The van der Waals surface area contributed by atoms with Crippen molar-refractivity contribution in [3.05, 3.63) is 129 Å². The molecule has 0 bridgehead atoms. The second-order valence-electron chi connectivity index (χ2n) is 14.1. The number of hydrogen-bond acceptors (Lipinski definition) is 8. The number of aromatic nitrogens is 2. The minimum atomic E-state index is -4.74. The zero-order valence-corrected chi connectivity index (χ0v) is 35.2. The molecule has 7 rings (SSSR count). The Labute approximate surface area is 367 Å². The van der Waals surface area contributed by atoms with Gasteiger partial charge in [0.1, 0.15) is 10.0 Å². The Kier molecular flexibility index (Phi) is 12.9. The summed E-state index contributed by atoms with van der Waals surface area (Å²) in [6.45, 7) is 0. The van der Waals surface area contributed by atoms with Crippen LogP contribution in [0.5, 0.6) is 0 Å². The number of rotatable bonds is 9. The minimum Gasteiger partial charge on any atom is -0.469 e. The normalized spacial score (nSPS) is 14.2. The van der Waals surface area contributed by atoms with Crippen LogP contribution in [0.4, 0.5) is 58.7 Å². The first kappa shape index (κ1) is 44.4. The summed E-state index contributed by atoms with van der Waals surface area (Å²) in [5.41, 5.74) is -1.52. The fourth-order valence-corrected chi connectivity index (χ4v) is 9.76. The Balaban J connectivity index is 1.06. The van der Waals surface area contributed by atoms with E-state index in [1.165, 1.54) is 41.9 Å². The molecule has 322 valence electrons. The number of carbonyl (C=O) groups is 3. The molecule has 0 saturated heterocycles. The van der Waals surface area contributed by atoms with E-state index >= 15 is 0 Å². The number of carbonyl (C=O) groups excluding carboxylic acids is 3. The van der Waals surface area contributed by atoms with Crippen molar-refractivity contribution in [2.75, 3.05) is 28.4 Å². The Bertz CT molecular complexity index is 2450. The lowest BCUT2D eigenvalue weighted by Gasteiger charge is -2.36. The van der Waals surface area contributed by atoms with Gasteiger partial charge in [-0.1, -0.05) is 47.5 Å². The number of ether oxygens (including phenoxy) is 1. The van der Waals surface area contributed by atoms with E-state index in [-0.39, 0.29) is 21.9 Å². The molecule has 0 unspecified atom stereocenters. The number of amides is 4. The quantitative estimate of drug-likeness (QED) is 0.0842. The van der Waals surface area contributed by atoms with Crippen molar-refractivity contribution < 1.29 is 45.5 Å². The fraction of sp³-hybridized carbons (Fsp3) is 0.214. The van der Waals surface area contributed by atoms with Gasteiger partial charge in [0.05, 0.1) is 50.7 Å². The number of alkyl halides is 6. The van der Waals surface area contributed by atoms with Crippen molar-refractivity contribution in [1.82, 2.24) is 9.97 Å². The molecular formula is C42H32Cl2F6N6O4S2. The van der Waals surface area contributed by atoms with Crippen molar-refractivity contribution in [1.29, 1.82) is 0 Å². The van der Waals surface area contributed by atoms with Crippen LogP contribution < -0.4 is 21.3 Å². The fourth-order valence-electron chi connectivity index (χ4n) is 7.01. The molecule has 1 fully saturated rings. The highest BCUT2D eigenvalue weighted by atomic mass is 35.5.